The second-order valence-corrected chi connectivity index (χ2v) is 3.72. The van der Waals surface area contributed by atoms with E-state index in [-0.39, 0.29) is 0 Å². The van der Waals surface area contributed by atoms with E-state index in [9.17, 15) is 5.11 Å². The van der Waals surface area contributed by atoms with E-state index in [0.29, 0.717) is 21.9 Å². The molecule has 0 amide bonds. The van der Waals surface area contributed by atoms with Crippen LogP contribution in [0.1, 0.15) is 17.2 Å². The van der Waals surface area contributed by atoms with Gasteiger partial charge in [0.2, 0.25) is 0 Å². The first-order valence-corrected chi connectivity index (χ1v) is 5.14. The van der Waals surface area contributed by atoms with E-state index in [2.05, 4.69) is 0 Å². The van der Waals surface area contributed by atoms with Gasteiger partial charge in [0, 0.05) is 11.1 Å². The highest BCUT2D eigenvalue weighted by atomic mass is 35.5. The molecule has 0 bridgehead atoms. The summed E-state index contributed by atoms with van der Waals surface area (Å²) >= 11 is 6.05. The molecule has 0 aliphatic heterocycles. The van der Waals surface area contributed by atoms with Gasteiger partial charge in [0.15, 0.2) is 0 Å². The summed E-state index contributed by atoms with van der Waals surface area (Å²) in [6.45, 7) is 0. The molecule has 0 aliphatic rings. The van der Waals surface area contributed by atoms with Crippen molar-refractivity contribution < 1.29 is 14.3 Å². The normalized spacial score (nSPS) is 12.4. The van der Waals surface area contributed by atoms with Crippen molar-refractivity contribution in [3.8, 4) is 5.75 Å². The Morgan fingerprint density at radius 1 is 1.38 bits per heavy atom. The summed E-state index contributed by atoms with van der Waals surface area (Å²) in [4.78, 5) is 0. The minimum Gasteiger partial charge on any atom is -0.496 e. The zero-order chi connectivity index (χ0) is 11.5. The number of aliphatic hydroxyl groups excluding tert-OH is 1. The maximum atomic E-state index is 10.1. The van der Waals surface area contributed by atoms with Crippen LogP contribution in [-0.2, 0) is 0 Å². The van der Waals surface area contributed by atoms with E-state index in [1.807, 2.05) is 0 Å². The quantitative estimate of drug-likeness (QED) is 0.894. The van der Waals surface area contributed by atoms with E-state index in [1.54, 1.807) is 24.3 Å². The van der Waals surface area contributed by atoms with Gasteiger partial charge < -0.3 is 14.3 Å². The van der Waals surface area contributed by atoms with Crippen molar-refractivity contribution in [2.45, 2.75) is 6.10 Å². The van der Waals surface area contributed by atoms with Crippen LogP contribution in [0.2, 0.25) is 5.02 Å². The van der Waals surface area contributed by atoms with Gasteiger partial charge in [0.25, 0.3) is 0 Å². The molecule has 1 N–H and O–H groups in total. The Morgan fingerprint density at radius 3 is 2.81 bits per heavy atom. The maximum absolute atomic E-state index is 10.1. The lowest BCUT2D eigenvalue weighted by Gasteiger charge is -2.14. The first-order valence-electron chi connectivity index (χ1n) is 4.76. The summed E-state index contributed by atoms with van der Waals surface area (Å²) in [6.07, 6.45) is 2.14. The third-order valence-electron chi connectivity index (χ3n) is 2.37. The Morgan fingerprint density at radius 2 is 2.19 bits per heavy atom. The zero-order valence-electron chi connectivity index (χ0n) is 8.68. The molecule has 0 spiro atoms. The van der Waals surface area contributed by atoms with Crippen molar-refractivity contribution in [3.05, 3.63) is 52.9 Å². The molecular weight excluding hydrogens is 228 g/mol. The van der Waals surface area contributed by atoms with Crippen molar-refractivity contribution in [2.24, 2.45) is 0 Å². The molecule has 16 heavy (non-hydrogen) atoms. The standard InChI is InChI=1S/C12H11ClO3/c1-15-10-4-2-3-9(13)11(10)12(14)8-5-6-16-7-8/h2-7,12,14H,1H3. The average Bonchev–Trinajstić information content (AvgIpc) is 2.81. The van der Waals surface area contributed by atoms with E-state index >= 15 is 0 Å². The summed E-state index contributed by atoms with van der Waals surface area (Å²) in [7, 11) is 1.54. The van der Waals surface area contributed by atoms with Gasteiger partial charge in [0.1, 0.15) is 11.9 Å². The second-order valence-electron chi connectivity index (χ2n) is 3.31. The molecule has 84 valence electrons. The fourth-order valence-electron chi connectivity index (χ4n) is 1.56. The molecule has 4 heteroatoms. The third-order valence-corrected chi connectivity index (χ3v) is 2.69. The first kappa shape index (κ1) is 11.0. The lowest BCUT2D eigenvalue weighted by atomic mass is 10.0. The minimum absolute atomic E-state index is 0.466. The Labute approximate surface area is 98.2 Å². The van der Waals surface area contributed by atoms with Crippen LogP contribution < -0.4 is 4.74 Å². The molecule has 0 saturated heterocycles. The number of hydrogen-bond donors (Lipinski definition) is 1. The topological polar surface area (TPSA) is 42.6 Å². The highest BCUT2D eigenvalue weighted by Gasteiger charge is 2.19. The minimum atomic E-state index is -0.845. The number of ether oxygens (including phenoxy) is 1. The van der Waals surface area contributed by atoms with Crippen LogP contribution in [0.5, 0.6) is 5.75 Å². The van der Waals surface area contributed by atoms with Gasteiger partial charge in [0.05, 0.1) is 24.7 Å². The largest absolute Gasteiger partial charge is 0.496 e. The fraction of sp³-hybridized carbons (Fsp3) is 0.167. The van der Waals surface area contributed by atoms with Crippen molar-refractivity contribution in [1.82, 2.24) is 0 Å². The molecule has 2 rings (SSSR count). The van der Waals surface area contributed by atoms with Crippen LogP contribution in [0.25, 0.3) is 0 Å². The zero-order valence-corrected chi connectivity index (χ0v) is 9.44. The molecule has 0 fully saturated rings. The van der Waals surface area contributed by atoms with Crippen molar-refractivity contribution in [3.63, 3.8) is 0 Å². The summed E-state index contributed by atoms with van der Waals surface area (Å²) in [5.74, 6) is 0.557. The summed E-state index contributed by atoms with van der Waals surface area (Å²) in [5.41, 5.74) is 1.19. The van der Waals surface area contributed by atoms with E-state index in [0.717, 1.165) is 0 Å². The van der Waals surface area contributed by atoms with Gasteiger partial charge in [-0.15, -0.1) is 0 Å². The lowest BCUT2D eigenvalue weighted by Crippen LogP contribution is -2.02. The van der Waals surface area contributed by atoms with Crippen LogP contribution in [-0.4, -0.2) is 12.2 Å². The van der Waals surface area contributed by atoms with Gasteiger partial charge >= 0.3 is 0 Å². The molecule has 1 atom stereocenters. The number of furan rings is 1. The van der Waals surface area contributed by atoms with Gasteiger partial charge in [-0.2, -0.15) is 0 Å². The van der Waals surface area contributed by atoms with Crippen LogP contribution in [0.15, 0.2) is 41.2 Å². The number of benzene rings is 1. The number of methoxy groups -OCH3 is 1. The molecular formula is C12H11ClO3. The smallest absolute Gasteiger partial charge is 0.126 e. The van der Waals surface area contributed by atoms with Gasteiger partial charge in [-0.1, -0.05) is 17.7 Å². The van der Waals surface area contributed by atoms with Crippen LogP contribution in [0.3, 0.4) is 0 Å². The Kier molecular flexibility index (Phi) is 3.17. The Balaban J connectivity index is 2.47. The van der Waals surface area contributed by atoms with Crippen molar-refractivity contribution in [2.75, 3.05) is 7.11 Å². The predicted octanol–water partition coefficient (Wildman–Crippen LogP) is 3.02. The number of rotatable bonds is 3. The van der Waals surface area contributed by atoms with E-state index < -0.39 is 6.10 Å². The van der Waals surface area contributed by atoms with Crippen LogP contribution >= 0.6 is 11.6 Å². The monoisotopic (exact) mass is 238 g/mol. The van der Waals surface area contributed by atoms with Crippen LogP contribution in [0, 0.1) is 0 Å². The molecule has 1 unspecified atom stereocenters. The van der Waals surface area contributed by atoms with Crippen LogP contribution in [0.4, 0.5) is 0 Å². The predicted molar refractivity (Wildman–Crippen MR) is 60.8 cm³/mol. The number of halogens is 1. The van der Waals surface area contributed by atoms with E-state index in [4.69, 9.17) is 20.8 Å². The van der Waals surface area contributed by atoms with Gasteiger partial charge in [-0.3, -0.25) is 0 Å². The summed E-state index contributed by atoms with van der Waals surface area (Å²) in [5, 5.41) is 10.6. The highest BCUT2D eigenvalue weighted by Crippen LogP contribution is 2.35. The molecule has 1 aromatic carbocycles. The number of hydrogen-bond acceptors (Lipinski definition) is 3. The fourth-order valence-corrected chi connectivity index (χ4v) is 1.83. The van der Waals surface area contributed by atoms with Crippen molar-refractivity contribution in [1.29, 1.82) is 0 Å². The molecule has 0 saturated carbocycles. The molecule has 0 radical (unpaired) electrons. The van der Waals surface area contributed by atoms with Gasteiger partial charge in [-0.25, -0.2) is 0 Å². The van der Waals surface area contributed by atoms with Gasteiger partial charge in [-0.05, 0) is 18.2 Å². The van der Waals surface area contributed by atoms with E-state index in [1.165, 1.54) is 19.6 Å². The molecule has 1 aromatic heterocycles. The average molecular weight is 239 g/mol. The second kappa shape index (κ2) is 4.60. The summed E-state index contributed by atoms with van der Waals surface area (Å²) in [6, 6.07) is 6.92. The molecule has 2 aromatic rings. The molecule has 3 nitrogen and oxygen atoms in total. The SMILES string of the molecule is COc1cccc(Cl)c1C(O)c1ccoc1. The Hall–Kier alpha value is -1.45. The highest BCUT2D eigenvalue weighted by molar-refractivity contribution is 6.31. The number of aliphatic hydroxyl groups is 1. The van der Waals surface area contributed by atoms with Crippen molar-refractivity contribution >= 4 is 11.6 Å². The summed E-state index contributed by atoms with van der Waals surface area (Å²) < 4.78 is 10.1. The molecule has 1 heterocycles. The Bertz CT molecular complexity index is 465. The first-order chi connectivity index (χ1) is 7.74. The maximum Gasteiger partial charge on any atom is 0.126 e. The molecule has 0 aliphatic carbocycles. The third kappa shape index (κ3) is 1.92. The lowest BCUT2D eigenvalue weighted by molar-refractivity contribution is 0.214.